The molecule has 2 nitrogen and oxygen atoms in total. The van der Waals surface area contributed by atoms with Crippen molar-refractivity contribution >= 4 is 5.91 Å². The Balaban J connectivity index is 1.92. The Kier molecular flexibility index (Phi) is 2.80. The van der Waals surface area contributed by atoms with Crippen LogP contribution in [0.4, 0.5) is 0 Å². The first-order chi connectivity index (χ1) is 8.52. The Morgan fingerprint density at radius 3 is 2.78 bits per heavy atom. The molecule has 100 valence electrons. The van der Waals surface area contributed by atoms with E-state index in [0.717, 1.165) is 30.1 Å². The highest BCUT2D eigenvalue weighted by Gasteiger charge is 2.51. The standard InChI is InChI=1S/C16H25NO/c1-10-4-6-13-12(11(10)2)5-7-14-16(13,3)9-8-15(18)17-14/h8-14H,4-7H2,1-3H3,(H,17,18)/t10?,11?,12-,13?,14?,16+/m1/s1. The summed E-state index contributed by atoms with van der Waals surface area (Å²) in [5, 5.41) is 3.19. The molecule has 2 saturated carbocycles. The predicted molar refractivity (Wildman–Crippen MR) is 73.0 cm³/mol. The van der Waals surface area contributed by atoms with Crippen LogP contribution in [0.3, 0.4) is 0 Å². The van der Waals surface area contributed by atoms with Gasteiger partial charge in [0.15, 0.2) is 0 Å². The molecule has 1 aliphatic heterocycles. The van der Waals surface area contributed by atoms with Gasteiger partial charge in [-0.15, -0.1) is 0 Å². The van der Waals surface area contributed by atoms with Gasteiger partial charge < -0.3 is 5.32 Å². The van der Waals surface area contributed by atoms with Crippen LogP contribution in [0.25, 0.3) is 0 Å². The van der Waals surface area contributed by atoms with E-state index in [1.54, 1.807) is 6.08 Å². The van der Waals surface area contributed by atoms with Gasteiger partial charge in [0.25, 0.3) is 0 Å². The molecule has 3 aliphatic rings. The van der Waals surface area contributed by atoms with Gasteiger partial charge in [0.05, 0.1) is 0 Å². The zero-order chi connectivity index (χ0) is 12.9. The average Bonchev–Trinajstić information content (AvgIpc) is 2.34. The smallest absolute Gasteiger partial charge is 0.243 e. The molecule has 4 unspecified atom stereocenters. The molecular formula is C16H25NO. The molecule has 1 heterocycles. The normalized spacial score (nSPS) is 51.3. The Hall–Kier alpha value is -0.790. The Labute approximate surface area is 110 Å². The lowest BCUT2D eigenvalue weighted by Gasteiger charge is -2.56. The average molecular weight is 247 g/mol. The van der Waals surface area contributed by atoms with Gasteiger partial charge in [0.2, 0.25) is 5.91 Å². The molecule has 3 rings (SSSR count). The zero-order valence-corrected chi connectivity index (χ0v) is 11.8. The molecule has 2 fully saturated rings. The fourth-order valence-electron chi connectivity index (χ4n) is 4.82. The van der Waals surface area contributed by atoms with E-state index in [4.69, 9.17) is 0 Å². The van der Waals surface area contributed by atoms with E-state index >= 15 is 0 Å². The highest BCUT2D eigenvalue weighted by Crippen LogP contribution is 2.55. The van der Waals surface area contributed by atoms with Gasteiger partial charge in [-0.05, 0) is 49.0 Å². The quantitative estimate of drug-likeness (QED) is 0.700. The summed E-state index contributed by atoms with van der Waals surface area (Å²) in [6.45, 7) is 7.22. The van der Waals surface area contributed by atoms with Crippen molar-refractivity contribution in [3.63, 3.8) is 0 Å². The number of nitrogens with one attached hydrogen (secondary N) is 1. The molecule has 2 heteroatoms. The van der Waals surface area contributed by atoms with Crippen LogP contribution in [0.2, 0.25) is 0 Å². The molecule has 2 aliphatic carbocycles. The maximum absolute atomic E-state index is 11.5. The Morgan fingerprint density at radius 1 is 1.22 bits per heavy atom. The minimum Gasteiger partial charge on any atom is -0.349 e. The van der Waals surface area contributed by atoms with Gasteiger partial charge in [-0.2, -0.15) is 0 Å². The van der Waals surface area contributed by atoms with Crippen molar-refractivity contribution < 1.29 is 4.79 Å². The number of rotatable bonds is 0. The van der Waals surface area contributed by atoms with Crippen LogP contribution in [0.5, 0.6) is 0 Å². The molecule has 18 heavy (non-hydrogen) atoms. The highest BCUT2D eigenvalue weighted by atomic mass is 16.1. The molecule has 0 bridgehead atoms. The first-order valence-electron chi connectivity index (χ1n) is 7.52. The van der Waals surface area contributed by atoms with E-state index in [1.165, 1.54) is 19.3 Å². The summed E-state index contributed by atoms with van der Waals surface area (Å²) in [6, 6.07) is 0.372. The summed E-state index contributed by atoms with van der Waals surface area (Å²) in [5.41, 5.74) is 0.200. The molecule has 6 atom stereocenters. The van der Waals surface area contributed by atoms with Gasteiger partial charge >= 0.3 is 0 Å². The summed E-state index contributed by atoms with van der Waals surface area (Å²) in [7, 11) is 0. The minimum absolute atomic E-state index is 0.105. The minimum atomic E-state index is 0.105. The number of carbonyl (C=O) groups excluding carboxylic acids is 1. The summed E-state index contributed by atoms with van der Waals surface area (Å²) >= 11 is 0. The Morgan fingerprint density at radius 2 is 2.00 bits per heavy atom. The first-order valence-corrected chi connectivity index (χ1v) is 7.52. The monoisotopic (exact) mass is 247 g/mol. The SMILES string of the molecule is CC1CCC2[C@H](CCC3NC(=O)C=C[C@]32C)C1C. The van der Waals surface area contributed by atoms with Gasteiger partial charge in [-0.3, -0.25) is 4.79 Å². The van der Waals surface area contributed by atoms with Crippen molar-refractivity contribution in [2.45, 2.75) is 52.5 Å². The fraction of sp³-hybridized carbons (Fsp3) is 0.812. The lowest BCUT2D eigenvalue weighted by molar-refractivity contribution is -0.121. The number of amides is 1. The van der Waals surface area contributed by atoms with Crippen molar-refractivity contribution in [3.8, 4) is 0 Å². The van der Waals surface area contributed by atoms with Crippen LogP contribution >= 0.6 is 0 Å². The summed E-state index contributed by atoms with van der Waals surface area (Å²) in [6.07, 6.45) is 9.13. The fourth-order valence-corrected chi connectivity index (χ4v) is 4.82. The maximum atomic E-state index is 11.5. The molecule has 0 radical (unpaired) electrons. The van der Waals surface area contributed by atoms with E-state index < -0.39 is 0 Å². The van der Waals surface area contributed by atoms with E-state index in [9.17, 15) is 4.79 Å². The van der Waals surface area contributed by atoms with E-state index in [-0.39, 0.29) is 11.3 Å². The second-order valence-electron chi connectivity index (χ2n) is 7.02. The van der Waals surface area contributed by atoms with Crippen LogP contribution in [-0.4, -0.2) is 11.9 Å². The van der Waals surface area contributed by atoms with Crippen LogP contribution in [0.15, 0.2) is 12.2 Å². The zero-order valence-electron chi connectivity index (χ0n) is 11.8. The molecule has 0 spiro atoms. The second-order valence-corrected chi connectivity index (χ2v) is 7.02. The highest BCUT2D eigenvalue weighted by molar-refractivity contribution is 5.89. The van der Waals surface area contributed by atoms with Gasteiger partial charge in [-0.25, -0.2) is 0 Å². The van der Waals surface area contributed by atoms with Gasteiger partial charge in [0, 0.05) is 11.5 Å². The third-order valence-corrected chi connectivity index (χ3v) is 6.27. The van der Waals surface area contributed by atoms with Gasteiger partial charge in [0.1, 0.15) is 0 Å². The first kappa shape index (κ1) is 12.3. The lowest BCUT2D eigenvalue weighted by Crippen LogP contribution is -2.58. The van der Waals surface area contributed by atoms with Crippen molar-refractivity contribution in [3.05, 3.63) is 12.2 Å². The molecule has 1 N–H and O–H groups in total. The number of carbonyl (C=O) groups is 1. The van der Waals surface area contributed by atoms with Gasteiger partial charge in [-0.1, -0.05) is 33.3 Å². The lowest BCUT2D eigenvalue weighted by atomic mass is 9.51. The Bertz CT molecular complexity index is 389. The van der Waals surface area contributed by atoms with E-state index in [0.29, 0.717) is 6.04 Å². The van der Waals surface area contributed by atoms with Crippen molar-refractivity contribution in [2.75, 3.05) is 0 Å². The number of hydrogen-bond acceptors (Lipinski definition) is 1. The molecule has 0 aromatic rings. The molecule has 0 aromatic carbocycles. The van der Waals surface area contributed by atoms with Crippen LogP contribution in [0, 0.1) is 29.1 Å². The second kappa shape index (κ2) is 4.11. The summed E-state index contributed by atoms with van der Waals surface area (Å²) < 4.78 is 0. The maximum Gasteiger partial charge on any atom is 0.243 e. The number of hydrogen-bond donors (Lipinski definition) is 1. The van der Waals surface area contributed by atoms with Crippen molar-refractivity contribution in [2.24, 2.45) is 29.1 Å². The molecule has 0 saturated heterocycles. The third kappa shape index (κ3) is 1.64. The summed E-state index contributed by atoms with van der Waals surface area (Å²) in [4.78, 5) is 11.5. The number of fused-ring (bicyclic) bond motifs is 3. The largest absolute Gasteiger partial charge is 0.349 e. The van der Waals surface area contributed by atoms with E-state index in [2.05, 4.69) is 32.2 Å². The van der Waals surface area contributed by atoms with Crippen LogP contribution < -0.4 is 5.32 Å². The van der Waals surface area contributed by atoms with Crippen molar-refractivity contribution in [1.82, 2.24) is 5.32 Å². The van der Waals surface area contributed by atoms with Crippen LogP contribution in [0.1, 0.15) is 46.5 Å². The van der Waals surface area contributed by atoms with Crippen LogP contribution in [-0.2, 0) is 4.79 Å². The third-order valence-electron chi connectivity index (χ3n) is 6.27. The van der Waals surface area contributed by atoms with Crippen molar-refractivity contribution in [1.29, 1.82) is 0 Å². The summed E-state index contributed by atoms with van der Waals surface area (Å²) in [5.74, 6) is 3.43. The molecule has 0 aromatic heterocycles. The molecule has 1 amide bonds. The topological polar surface area (TPSA) is 29.1 Å². The predicted octanol–water partition coefficient (Wildman–Crippen LogP) is 3.14. The molecular weight excluding hydrogens is 222 g/mol. The van der Waals surface area contributed by atoms with E-state index in [1.807, 2.05) is 0 Å².